The monoisotopic (exact) mass is 379 g/mol. The second kappa shape index (κ2) is 6.88. The van der Waals surface area contributed by atoms with Crippen LogP contribution in [0.1, 0.15) is 36.0 Å². The number of hydrogen-bond acceptors (Lipinski definition) is 6. The van der Waals surface area contributed by atoms with E-state index in [1.54, 1.807) is 17.7 Å². The molecule has 0 radical (unpaired) electrons. The number of carbonyl (C=O) groups is 1. The molecule has 5 rings (SSSR count). The number of nitrogens with zero attached hydrogens (tertiary/aromatic N) is 5. The van der Waals surface area contributed by atoms with E-state index in [0.29, 0.717) is 12.1 Å². The third kappa shape index (κ3) is 3.27. The average Bonchev–Trinajstić information content (AvgIpc) is 3.44. The van der Waals surface area contributed by atoms with Gasteiger partial charge in [-0.15, -0.1) is 11.3 Å². The summed E-state index contributed by atoms with van der Waals surface area (Å²) < 4.78 is 1.07. The number of carbonyl (C=O) groups excluding carboxylic acids is 1. The number of rotatable bonds is 4. The summed E-state index contributed by atoms with van der Waals surface area (Å²) in [5.74, 6) is 1.15. The van der Waals surface area contributed by atoms with Crippen LogP contribution in [-0.2, 0) is 0 Å². The molecule has 2 fully saturated rings. The van der Waals surface area contributed by atoms with E-state index < -0.39 is 0 Å². The Labute approximate surface area is 161 Å². The van der Waals surface area contributed by atoms with Crippen LogP contribution < -0.4 is 4.90 Å². The molecular formula is C20H21N5OS. The van der Waals surface area contributed by atoms with Crippen molar-refractivity contribution in [2.75, 3.05) is 18.0 Å². The number of fused-ring (bicyclic) bond motifs is 1. The SMILES string of the molecule is O=C(c1ccc2ncsc2c1)N1CCC(N(c2ccncn2)C2CC2)CC1. The quantitative estimate of drug-likeness (QED) is 0.696. The van der Waals surface area contributed by atoms with Crippen LogP contribution >= 0.6 is 11.3 Å². The summed E-state index contributed by atoms with van der Waals surface area (Å²) in [5, 5.41) is 0. The average molecular weight is 379 g/mol. The van der Waals surface area contributed by atoms with Crippen LogP contribution in [0, 0.1) is 0 Å². The second-order valence-corrected chi connectivity index (χ2v) is 8.15. The van der Waals surface area contributed by atoms with Gasteiger partial charge < -0.3 is 9.80 Å². The van der Waals surface area contributed by atoms with Gasteiger partial charge in [0, 0.05) is 36.9 Å². The maximum absolute atomic E-state index is 12.9. The highest BCUT2D eigenvalue weighted by atomic mass is 32.1. The summed E-state index contributed by atoms with van der Waals surface area (Å²) in [7, 11) is 0. The van der Waals surface area contributed by atoms with Crippen molar-refractivity contribution >= 4 is 33.3 Å². The van der Waals surface area contributed by atoms with Gasteiger partial charge in [0.1, 0.15) is 12.1 Å². The van der Waals surface area contributed by atoms with Crippen LogP contribution in [0.3, 0.4) is 0 Å². The maximum atomic E-state index is 12.9. The molecule has 0 unspecified atom stereocenters. The number of benzene rings is 1. The molecule has 3 heterocycles. The Bertz CT molecular complexity index is 947. The second-order valence-electron chi connectivity index (χ2n) is 7.26. The number of likely N-dealkylation sites (tertiary alicyclic amines) is 1. The Kier molecular flexibility index (Phi) is 4.24. The molecular weight excluding hydrogens is 358 g/mol. The van der Waals surface area contributed by atoms with E-state index >= 15 is 0 Å². The van der Waals surface area contributed by atoms with Crippen LogP contribution in [0.5, 0.6) is 0 Å². The maximum Gasteiger partial charge on any atom is 0.253 e. The summed E-state index contributed by atoms with van der Waals surface area (Å²) in [4.78, 5) is 30.2. The lowest BCUT2D eigenvalue weighted by Gasteiger charge is -2.39. The third-order valence-corrected chi connectivity index (χ3v) is 6.29. The molecule has 2 aromatic heterocycles. The lowest BCUT2D eigenvalue weighted by atomic mass is 10.0. The standard InChI is InChI=1S/C20H21N5OS/c26-20(14-1-4-17-18(11-14)27-13-23-17)24-9-6-16(7-10-24)25(15-2-3-15)19-5-8-21-12-22-19/h1,4-5,8,11-13,15-16H,2-3,6-7,9-10H2. The van der Waals surface area contributed by atoms with Gasteiger partial charge in [0.15, 0.2) is 0 Å². The van der Waals surface area contributed by atoms with Gasteiger partial charge in [-0.1, -0.05) is 0 Å². The van der Waals surface area contributed by atoms with E-state index in [4.69, 9.17) is 0 Å². The molecule has 1 aliphatic carbocycles. The van der Waals surface area contributed by atoms with Gasteiger partial charge >= 0.3 is 0 Å². The first-order valence-electron chi connectivity index (χ1n) is 9.46. The predicted molar refractivity (Wildman–Crippen MR) is 106 cm³/mol. The van der Waals surface area contributed by atoms with Crippen molar-refractivity contribution in [2.45, 2.75) is 37.8 Å². The number of hydrogen-bond donors (Lipinski definition) is 0. The van der Waals surface area contributed by atoms with Gasteiger partial charge in [0.25, 0.3) is 5.91 Å². The summed E-state index contributed by atoms with van der Waals surface area (Å²) >= 11 is 1.58. The van der Waals surface area contributed by atoms with E-state index in [-0.39, 0.29) is 5.91 Å². The minimum Gasteiger partial charge on any atom is -0.350 e. The van der Waals surface area contributed by atoms with E-state index in [2.05, 4.69) is 19.9 Å². The molecule has 1 aromatic carbocycles. The van der Waals surface area contributed by atoms with E-state index in [1.165, 1.54) is 12.8 Å². The minimum atomic E-state index is 0.128. The van der Waals surface area contributed by atoms with Crippen molar-refractivity contribution in [3.05, 3.63) is 47.9 Å². The summed E-state index contributed by atoms with van der Waals surface area (Å²) in [6, 6.07) is 8.85. The fourth-order valence-corrected chi connectivity index (χ4v) is 4.70. The van der Waals surface area contributed by atoms with Gasteiger partial charge in [-0.3, -0.25) is 4.79 Å². The molecule has 0 spiro atoms. The first-order valence-corrected chi connectivity index (χ1v) is 10.3. The summed E-state index contributed by atoms with van der Waals surface area (Å²) in [6.45, 7) is 1.58. The molecule has 0 atom stereocenters. The molecule has 6 nitrogen and oxygen atoms in total. The highest BCUT2D eigenvalue weighted by molar-refractivity contribution is 7.16. The summed E-state index contributed by atoms with van der Waals surface area (Å²) in [6.07, 6.45) is 7.87. The molecule has 1 saturated heterocycles. The molecule has 3 aromatic rings. The van der Waals surface area contributed by atoms with Gasteiger partial charge in [0.05, 0.1) is 15.7 Å². The highest BCUT2D eigenvalue weighted by Crippen LogP contribution is 2.35. The number of anilines is 1. The van der Waals surface area contributed by atoms with E-state index in [0.717, 1.165) is 47.5 Å². The van der Waals surface area contributed by atoms with Gasteiger partial charge in [-0.05, 0) is 49.9 Å². The largest absolute Gasteiger partial charge is 0.350 e. The Balaban J connectivity index is 1.28. The zero-order chi connectivity index (χ0) is 18.2. The Morgan fingerprint density at radius 2 is 1.89 bits per heavy atom. The van der Waals surface area contributed by atoms with Crippen molar-refractivity contribution in [1.82, 2.24) is 19.9 Å². The zero-order valence-electron chi connectivity index (χ0n) is 15.0. The van der Waals surface area contributed by atoms with Crippen LogP contribution in [0.2, 0.25) is 0 Å². The Morgan fingerprint density at radius 1 is 1.07 bits per heavy atom. The lowest BCUT2D eigenvalue weighted by Crippen LogP contribution is -2.48. The zero-order valence-corrected chi connectivity index (χ0v) is 15.8. The molecule has 0 bridgehead atoms. The Morgan fingerprint density at radius 3 is 2.63 bits per heavy atom. The van der Waals surface area contributed by atoms with E-state index in [1.807, 2.05) is 40.9 Å². The molecule has 1 amide bonds. The fourth-order valence-electron chi connectivity index (χ4n) is 3.98. The topological polar surface area (TPSA) is 62.2 Å². The van der Waals surface area contributed by atoms with Crippen molar-refractivity contribution in [3.63, 3.8) is 0 Å². The van der Waals surface area contributed by atoms with Crippen molar-refractivity contribution in [3.8, 4) is 0 Å². The van der Waals surface area contributed by atoms with Crippen LogP contribution in [-0.4, -0.2) is 50.9 Å². The van der Waals surface area contributed by atoms with Crippen LogP contribution in [0.25, 0.3) is 10.2 Å². The number of thiazole rings is 1. The molecule has 7 heteroatoms. The van der Waals surface area contributed by atoms with Gasteiger partial charge in [-0.2, -0.15) is 0 Å². The number of aromatic nitrogens is 3. The highest BCUT2D eigenvalue weighted by Gasteiger charge is 2.37. The normalized spacial score (nSPS) is 18.0. The third-order valence-electron chi connectivity index (χ3n) is 5.49. The number of amides is 1. The lowest BCUT2D eigenvalue weighted by molar-refractivity contribution is 0.0712. The molecule has 1 saturated carbocycles. The van der Waals surface area contributed by atoms with Crippen molar-refractivity contribution in [2.24, 2.45) is 0 Å². The predicted octanol–water partition coefficient (Wildman–Crippen LogP) is 3.36. The molecule has 0 N–H and O–H groups in total. The molecule has 27 heavy (non-hydrogen) atoms. The fraction of sp³-hybridized carbons (Fsp3) is 0.400. The van der Waals surface area contributed by atoms with Gasteiger partial charge in [-0.25, -0.2) is 15.0 Å². The minimum absolute atomic E-state index is 0.128. The molecule has 2 aliphatic rings. The van der Waals surface area contributed by atoms with Crippen molar-refractivity contribution < 1.29 is 4.79 Å². The van der Waals surface area contributed by atoms with Crippen LogP contribution in [0.4, 0.5) is 5.82 Å². The first-order chi connectivity index (χ1) is 13.3. The Hall–Kier alpha value is -2.54. The molecule has 1 aliphatic heterocycles. The van der Waals surface area contributed by atoms with E-state index in [9.17, 15) is 4.79 Å². The summed E-state index contributed by atoms with van der Waals surface area (Å²) in [5.41, 5.74) is 3.55. The van der Waals surface area contributed by atoms with Crippen molar-refractivity contribution in [1.29, 1.82) is 0 Å². The van der Waals surface area contributed by atoms with Gasteiger partial charge in [0.2, 0.25) is 0 Å². The number of piperidine rings is 1. The molecule has 138 valence electrons. The smallest absolute Gasteiger partial charge is 0.253 e. The first kappa shape index (κ1) is 16.6. The van der Waals surface area contributed by atoms with Crippen LogP contribution in [0.15, 0.2) is 42.3 Å².